The summed E-state index contributed by atoms with van der Waals surface area (Å²) in [5.74, 6) is -1.86. The highest BCUT2D eigenvalue weighted by atomic mass is 35.5. The van der Waals surface area contributed by atoms with E-state index in [1.54, 1.807) is 38.1 Å². The van der Waals surface area contributed by atoms with Gasteiger partial charge in [0.1, 0.15) is 18.0 Å². The van der Waals surface area contributed by atoms with Crippen LogP contribution in [0.15, 0.2) is 43.1 Å². The van der Waals surface area contributed by atoms with E-state index < -0.39 is 42.6 Å². The van der Waals surface area contributed by atoms with Crippen molar-refractivity contribution in [2.24, 2.45) is 5.92 Å². The molecule has 1 heterocycles. The predicted octanol–water partition coefficient (Wildman–Crippen LogP) is 5.46. The normalized spacial score (nSPS) is 13.0. The molecule has 0 saturated carbocycles. The lowest BCUT2D eigenvalue weighted by atomic mass is 10.0. The molecule has 9 nitrogen and oxygen atoms in total. The van der Waals surface area contributed by atoms with Gasteiger partial charge in [-0.15, -0.1) is 6.58 Å². The molecule has 1 aromatic heterocycles. The third kappa shape index (κ3) is 8.94. The summed E-state index contributed by atoms with van der Waals surface area (Å²) >= 11 is 12.1. The van der Waals surface area contributed by atoms with Crippen LogP contribution in [-0.4, -0.2) is 48.8 Å². The standard InChI is InChI=1S/C26H29Cl2NO8/c1-6-7-21(16(3)36-22-9-8-18(27)13-19(22)28)37-26(32)15(2)12-20(31)24-25(35-14-34-17(4)30)23(33-5)10-11-29-24/h6,8-11,13,15-16,21H,1,7,12,14H2,2-5H3/t15-,16+,21-/m1/s1. The maximum Gasteiger partial charge on any atom is 0.309 e. The summed E-state index contributed by atoms with van der Waals surface area (Å²) in [6.45, 7) is 7.79. The molecule has 37 heavy (non-hydrogen) atoms. The highest BCUT2D eigenvalue weighted by Crippen LogP contribution is 2.32. The van der Waals surface area contributed by atoms with Gasteiger partial charge < -0.3 is 23.7 Å². The molecule has 0 radical (unpaired) electrons. The first kappa shape index (κ1) is 29.9. The number of hydrogen-bond acceptors (Lipinski definition) is 9. The monoisotopic (exact) mass is 553 g/mol. The second-order valence-electron chi connectivity index (χ2n) is 8.01. The lowest BCUT2D eigenvalue weighted by molar-refractivity contribution is -0.157. The average molecular weight is 554 g/mol. The van der Waals surface area contributed by atoms with Gasteiger partial charge in [-0.3, -0.25) is 14.4 Å². The van der Waals surface area contributed by atoms with Crippen LogP contribution < -0.4 is 14.2 Å². The van der Waals surface area contributed by atoms with E-state index in [4.69, 9.17) is 46.9 Å². The Labute approximate surface area is 225 Å². The van der Waals surface area contributed by atoms with Gasteiger partial charge in [-0.1, -0.05) is 36.2 Å². The van der Waals surface area contributed by atoms with Crippen molar-refractivity contribution >= 4 is 40.9 Å². The Hall–Kier alpha value is -3.30. The van der Waals surface area contributed by atoms with Crippen molar-refractivity contribution in [1.29, 1.82) is 0 Å². The summed E-state index contributed by atoms with van der Waals surface area (Å²) in [4.78, 5) is 41.0. The number of halogens is 2. The number of hydrogen-bond donors (Lipinski definition) is 0. The number of esters is 2. The van der Waals surface area contributed by atoms with Gasteiger partial charge in [-0.2, -0.15) is 0 Å². The topological polar surface area (TPSA) is 110 Å². The number of carbonyl (C=O) groups is 3. The van der Waals surface area contributed by atoms with Crippen LogP contribution in [-0.2, 0) is 19.1 Å². The maximum absolute atomic E-state index is 13.0. The molecule has 0 amide bonds. The Morgan fingerprint density at radius 3 is 2.49 bits per heavy atom. The van der Waals surface area contributed by atoms with Crippen LogP contribution in [0.5, 0.6) is 17.2 Å². The highest BCUT2D eigenvalue weighted by Gasteiger charge is 2.29. The minimum atomic E-state index is -0.819. The van der Waals surface area contributed by atoms with E-state index in [1.807, 2.05) is 0 Å². The summed E-state index contributed by atoms with van der Waals surface area (Å²) in [6.07, 6.45) is 1.79. The first-order valence-electron chi connectivity index (χ1n) is 11.3. The molecule has 200 valence electrons. The molecule has 0 N–H and O–H groups in total. The zero-order valence-electron chi connectivity index (χ0n) is 21.0. The molecule has 0 aliphatic carbocycles. The van der Waals surface area contributed by atoms with Crippen molar-refractivity contribution < 1.29 is 38.1 Å². The number of nitrogens with zero attached hydrogens (tertiary/aromatic N) is 1. The molecule has 2 aromatic rings. The van der Waals surface area contributed by atoms with Gasteiger partial charge in [0.25, 0.3) is 0 Å². The van der Waals surface area contributed by atoms with Crippen molar-refractivity contribution in [3.63, 3.8) is 0 Å². The van der Waals surface area contributed by atoms with Gasteiger partial charge in [0.15, 0.2) is 23.0 Å². The number of carbonyl (C=O) groups excluding carboxylic acids is 3. The second kappa shape index (κ2) is 14.4. The number of ether oxygens (including phenoxy) is 5. The van der Waals surface area contributed by atoms with Crippen LogP contribution in [0.2, 0.25) is 10.0 Å². The largest absolute Gasteiger partial charge is 0.493 e. The van der Waals surface area contributed by atoms with Crippen molar-refractivity contribution in [1.82, 2.24) is 4.98 Å². The molecule has 0 unspecified atom stereocenters. The first-order valence-corrected chi connectivity index (χ1v) is 12.1. The molecule has 2 rings (SSSR count). The van der Waals surface area contributed by atoms with Gasteiger partial charge in [0.05, 0.1) is 18.1 Å². The molecule has 3 atom stereocenters. The fourth-order valence-electron chi connectivity index (χ4n) is 3.17. The number of Topliss-reactive ketones (excluding diaryl/α,β-unsaturated/α-hetero) is 1. The molecule has 0 bridgehead atoms. The summed E-state index contributed by atoms with van der Waals surface area (Å²) in [7, 11) is 1.39. The fraction of sp³-hybridized carbons (Fsp3) is 0.385. The van der Waals surface area contributed by atoms with Crippen LogP contribution in [0.3, 0.4) is 0 Å². The van der Waals surface area contributed by atoms with Crippen LogP contribution >= 0.6 is 23.2 Å². The third-order valence-electron chi connectivity index (χ3n) is 5.11. The van der Waals surface area contributed by atoms with E-state index in [-0.39, 0.29) is 23.6 Å². The molecule has 0 fully saturated rings. The zero-order valence-corrected chi connectivity index (χ0v) is 22.5. The molecule has 1 aromatic carbocycles. The van der Waals surface area contributed by atoms with E-state index in [0.29, 0.717) is 22.2 Å². The number of benzene rings is 1. The van der Waals surface area contributed by atoms with Crippen molar-refractivity contribution in [2.75, 3.05) is 13.9 Å². The van der Waals surface area contributed by atoms with E-state index in [9.17, 15) is 14.4 Å². The molecule has 0 saturated heterocycles. The number of ketones is 1. The highest BCUT2D eigenvalue weighted by molar-refractivity contribution is 6.35. The number of pyridine rings is 1. The Morgan fingerprint density at radius 1 is 1.14 bits per heavy atom. The summed E-state index contributed by atoms with van der Waals surface area (Å²) in [5, 5.41) is 0.780. The average Bonchev–Trinajstić information content (AvgIpc) is 2.84. The number of aromatic nitrogens is 1. The van der Waals surface area contributed by atoms with Crippen LogP contribution in [0.4, 0.5) is 0 Å². The molecule has 0 aliphatic heterocycles. The van der Waals surface area contributed by atoms with Crippen LogP contribution in [0, 0.1) is 5.92 Å². The number of rotatable bonds is 14. The van der Waals surface area contributed by atoms with Crippen molar-refractivity contribution in [2.45, 2.75) is 45.8 Å². The molecule has 11 heteroatoms. The van der Waals surface area contributed by atoms with Gasteiger partial charge in [0.2, 0.25) is 6.79 Å². The van der Waals surface area contributed by atoms with Gasteiger partial charge in [0, 0.05) is 37.1 Å². The van der Waals surface area contributed by atoms with E-state index in [0.717, 1.165) is 0 Å². The Balaban J connectivity index is 2.09. The van der Waals surface area contributed by atoms with Gasteiger partial charge >= 0.3 is 11.9 Å². The van der Waals surface area contributed by atoms with Gasteiger partial charge in [-0.05, 0) is 25.1 Å². The van der Waals surface area contributed by atoms with Gasteiger partial charge in [-0.25, -0.2) is 4.98 Å². The Morgan fingerprint density at radius 2 is 1.86 bits per heavy atom. The fourth-order valence-corrected chi connectivity index (χ4v) is 3.62. The lowest BCUT2D eigenvalue weighted by Gasteiger charge is -2.26. The van der Waals surface area contributed by atoms with Crippen molar-refractivity contribution in [3.8, 4) is 17.2 Å². The van der Waals surface area contributed by atoms with Crippen LogP contribution in [0.25, 0.3) is 0 Å². The minimum absolute atomic E-state index is 0.00298. The summed E-state index contributed by atoms with van der Waals surface area (Å²) in [6, 6.07) is 6.29. The second-order valence-corrected chi connectivity index (χ2v) is 8.86. The minimum Gasteiger partial charge on any atom is -0.493 e. The predicted molar refractivity (Wildman–Crippen MR) is 137 cm³/mol. The molecular weight excluding hydrogens is 525 g/mol. The van der Waals surface area contributed by atoms with Crippen LogP contribution in [0.1, 0.15) is 44.1 Å². The van der Waals surface area contributed by atoms with E-state index in [2.05, 4.69) is 11.6 Å². The number of methoxy groups -OCH3 is 1. The van der Waals surface area contributed by atoms with E-state index in [1.165, 1.54) is 26.3 Å². The smallest absolute Gasteiger partial charge is 0.309 e. The SMILES string of the molecule is C=CC[C@@H](OC(=O)[C@H](C)CC(=O)c1nccc(OC)c1OCOC(C)=O)[C@H](C)Oc1ccc(Cl)cc1Cl. The Kier molecular flexibility index (Phi) is 11.7. The molecule has 0 spiro atoms. The Bertz CT molecular complexity index is 1120. The molecular formula is C26H29Cl2NO8. The zero-order chi connectivity index (χ0) is 27.5. The van der Waals surface area contributed by atoms with Crippen molar-refractivity contribution in [3.05, 3.63) is 58.9 Å². The molecule has 0 aliphatic rings. The quantitative estimate of drug-likeness (QED) is 0.130. The third-order valence-corrected chi connectivity index (χ3v) is 5.64. The first-order chi connectivity index (χ1) is 17.6. The van der Waals surface area contributed by atoms with E-state index >= 15 is 0 Å². The lowest BCUT2D eigenvalue weighted by Crippen LogP contribution is -2.35. The summed E-state index contributed by atoms with van der Waals surface area (Å²) in [5.41, 5.74) is -0.0668. The summed E-state index contributed by atoms with van der Waals surface area (Å²) < 4.78 is 27.0. The maximum atomic E-state index is 13.0.